The molecule has 2 aliphatic heterocycles. The fourth-order valence-electron chi connectivity index (χ4n) is 13.3. The average Bonchev–Trinajstić information content (AvgIpc) is 4.08. The molecule has 0 bridgehead atoms. The molecule has 16 rings (SSSR count). The zero-order valence-electron chi connectivity index (χ0n) is 38.8. The smallest absolute Gasteiger partial charge is 0.143 e. The lowest BCUT2D eigenvalue weighted by atomic mass is 9.66. The zero-order chi connectivity index (χ0) is 47.1. The van der Waals surface area contributed by atoms with E-state index in [2.05, 4.69) is 248 Å². The van der Waals surface area contributed by atoms with Crippen LogP contribution in [0.2, 0.25) is 0 Å². The Kier molecular flexibility index (Phi) is 8.24. The van der Waals surface area contributed by atoms with Crippen LogP contribution in [0.25, 0.3) is 55.3 Å². The summed E-state index contributed by atoms with van der Waals surface area (Å²) in [6, 6.07) is 91.6. The molecule has 1 aromatic heterocycles. The first-order valence-electron chi connectivity index (χ1n) is 24.7. The van der Waals surface area contributed by atoms with E-state index < -0.39 is 10.8 Å². The normalized spacial score (nSPS) is 14.4. The maximum absolute atomic E-state index is 6.77. The molecule has 11 aromatic carbocycles. The van der Waals surface area contributed by atoms with Crippen LogP contribution in [0, 0.1) is 0 Å². The van der Waals surface area contributed by atoms with E-state index in [0.29, 0.717) is 0 Å². The topological polar surface area (TPSA) is 25.6 Å². The van der Waals surface area contributed by atoms with Gasteiger partial charge in [0.25, 0.3) is 0 Å². The number of benzene rings is 11. The fraction of sp³-hybridized carbons (Fsp3) is 0.0294. The summed E-state index contributed by atoms with van der Waals surface area (Å²) in [6.07, 6.45) is 0. The van der Waals surface area contributed by atoms with Crippen molar-refractivity contribution in [2.45, 2.75) is 20.6 Å². The highest BCUT2D eigenvalue weighted by atomic mass is 32.2. The molecule has 4 aliphatic rings. The van der Waals surface area contributed by atoms with Crippen LogP contribution in [-0.4, -0.2) is 0 Å². The second kappa shape index (κ2) is 14.8. The quantitative estimate of drug-likeness (QED) is 0.176. The molecule has 0 radical (unpaired) electrons. The Morgan fingerprint density at radius 1 is 0.333 bits per heavy atom. The minimum absolute atomic E-state index is 0.536. The standard InChI is InChI=1S/C68H41NO2S/c1-4-23-49-47(19-1)64-55(67(49)51-25-6-11-34-60(51)70-61-35-12-7-26-52(61)67)29-16-31-57(64)69(43-40-38-42(39-41-43)44-21-15-22-46-45-18-3-10-33-59(45)71-66(44)46)58-32-17-30-56-65(58)48-20-2-5-24-50(48)68(56)53-27-8-13-36-62(53)72-63-37-14-9-28-54(63)68/h1-41H. The van der Waals surface area contributed by atoms with E-state index in [0.717, 1.165) is 72.8 Å². The Hall–Kier alpha value is -8.83. The van der Waals surface area contributed by atoms with Crippen LogP contribution < -0.4 is 9.64 Å². The van der Waals surface area contributed by atoms with E-state index in [1.54, 1.807) is 0 Å². The summed E-state index contributed by atoms with van der Waals surface area (Å²) in [6.45, 7) is 0. The van der Waals surface area contributed by atoms with Gasteiger partial charge in [0.2, 0.25) is 0 Å². The molecule has 0 fully saturated rings. The summed E-state index contributed by atoms with van der Waals surface area (Å²) in [5, 5.41) is 2.25. The Bertz CT molecular complexity index is 3970. The van der Waals surface area contributed by atoms with E-state index >= 15 is 0 Å². The molecular formula is C68H41NO2S. The van der Waals surface area contributed by atoms with Gasteiger partial charge in [-0.05, 0) is 105 Å². The van der Waals surface area contributed by atoms with E-state index in [1.165, 1.54) is 65.4 Å². The lowest BCUT2D eigenvalue weighted by Crippen LogP contribution is -2.32. The lowest BCUT2D eigenvalue weighted by Gasteiger charge is -2.40. The van der Waals surface area contributed by atoms with Crippen molar-refractivity contribution in [2.75, 3.05) is 4.90 Å². The number of furan rings is 1. The summed E-state index contributed by atoms with van der Waals surface area (Å²) < 4.78 is 13.4. The monoisotopic (exact) mass is 935 g/mol. The summed E-state index contributed by atoms with van der Waals surface area (Å²) in [7, 11) is 0. The minimum atomic E-state index is -0.628. The number of ether oxygens (including phenoxy) is 1. The number of para-hydroxylation sites is 4. The van der Waals surface area contributed by atoms with Crippen molar-refractivity contribution in [1.82, 2.24) is 0 Å². The van der Waals surface area contributed by atoms with Gasteiger partial charge >= 0.3 is 0 Å². The summed E-state index contributed by atoms with van der Waals surface area (Å²) >= 11 is 1.88. The first-order valence-corrected chi connectivity index (χ1v) is 25.6. The number of rotatable bonds is 4. The van der Waals surface area contributed by atoms with Crippen molar-refractivity contribution in [3.63, 3.8) is 0 Å². The Balaban J connectivity index is 0.994. The third-order valence-corrected chi connectivity index (χ3v) is 17.2. The zero-order valence-corrected chi connectivity index (χ0v) is 39.7. The van der Waals surface area contributed by atoms with Gasteiger partial charge in [0, 0.05) is 54.1 Å². The molecule has 0 atom stereocenters. The number of hydrogen-bond donors (Lipinski definition) is 0. The van der Waals surface area contributed by atoms with E-state index in [-0.39, 0.29) is 0 Å². The third kappa shape index (κ3) is 5.11. The van der Waals surface area contributed by atoms with Crippen molar-refractivity contribution >= 4 is 50.8 Å². The van der Waals surface area contributed by atoms with Gasteiger partial charge in [-0.15, -0.1) is 0 Å². The third-order valence-electron chi connectivity index (χ3n) is 16.0. The molecule has 0 saturated heterocycles. The van der Waals surface area contributed by atoms with Crippen LogP contribution in [0.1, 0.15) is 44.5 Å². The van der Waals surface area contributed by atoms with Gasteiger partial charge in [-0.1, -0.05) is 206 Å². The molecule has 2 aliphatic carbocycles. The Morgan fingerprint density at radius 2 is 0.778 bits per heavy atom. The van der Waals surface area contributed by atoms with Crippen LogP contribution in [0.4, 0.5) is 17.1 Å². The SMILES string of the molecule is c1ccc2c(c1)Oc1ccccc1C21c2ccccc2-c2c(N(c3ccc(-c4cccc5c4oc4ccccc45)cc3)c3cccc4c3-c3ccccc3C43c4ccccc4Sc4ccccc43)cccc21. The second-order valence-electron chi connectivity index (χ2n) is 19.3. The highest BCUT2D eigenvalue weighted by molar-refractivity contribution is 7.99. The van der Waals surface area contributed by atoms with Crippen molar-refractivity contribution in [2.24, 2.45) is 0 Å². The summed E-state index contributed by atoms with van der Waals surface area (Å²) in [4.78, 5) is 5.13. The fourth-order valence-corrected chi connectivity index (χ4v) is 14.5. The molecule has 3 heterocycles. The van der Waals surface area contributed by atoms with Gasteiger partial charge in [0.05, 0.1) is 22.2 Å². The predicted octanol–water partition coefficient (Wildman–Crippen LogP) is 18.0. The van der Waals surface area contributed by atoms with Gasteiger partial charge in [-0.2, -0.15) is 0 Å². The van der Waals surface area contributed by atoms with Crippen molar-refractivity contribution in [3.05, 3.63) is 293 Å². The van der Waals surface area contributed by atoms with Crippen LogP contribution >= 0.6 is 11.8 Å². The van der Waals surface area contributed by atoms with Crippen molar-refractivity contribution in [3.8, 4) is 44.9 Å². The molecule has 0 N–H and O–H groups in total. The van der Waals surface area contributed by atoms with Gasteiger partial charge < -0.3 is 14.1 Å². The lowest BCUT2D eigenvalue weighted by molar-refractivity contribution is 0.436. The molecule has 0 saturated carbocycles. The van der Waals surface area contributed by atoms with Crippen LogP contribution in [0.15, 0.2) is 263 Å². The largest absolute Gasteiger partial charge is 0.457 e. The first-order chi connectivity index (χ1) is 35.7. The molecular weight excluding hydrogens is 895 g/mol. The maximum Gasteiger partial charge on any atom is 0.143 e. The number of fused-ring (bicyclic) bond motifs is 21. The van der Waals surface area contributed by atoms with E-state index in [1.807, 2.05) is 17.8 Å². The van der Waals surface area contributed by atoms with Crippen molar-refractivity contribution < 1.29 is 9.15 Å². The van der Waals surface area contributed by atoms with E-state index in [4.69, 9.17) is 9.15 Å². The Labute approximate surface area is 421 Å². The molecule has 3 nitrogen and oxygen atoms in total. The highest BCUT2D eigenvalue weighted by Crippen LogP contribution is 2.67. The average molecular weight is 936 g/mol. The van der Waals surface area contributed by atoms with Crippen LogP contribution in [0.3, 0.4) is 0 Å². The maximum atomic E-state index is 6.77. The number of anilines is 3. The van der Waals surface area contributed by atoms with Crippen LogP contribution in [-0.2, 0) is 10.8 Å². The van der Waals surface area contributed by atoms with Gasteiger partial charge in [-0.25, -0.2) is 0 Å². The molecule has 2 spiro atoms. The molecule has 12 aromatic rings. The van der Waals surface area contributed by atoms with E-state index in [9.17, 15) is 0 Å². The first kappa shape index (κ1) is 40.0. The van der Waals surface area contributed by atoms with Crippen molar-refractivity contribution in [1.29, 1.82) is 0 Å². The van der Waals surface area contributed by atoms with Gasteiger partial charge in [0.1, 0.15) is 22.7 Å². The number of nitrogens with zero attached hydrogens (tertiary/aromatic N) is 1. The predicted molar refractivity (Wildman–Crippen MR) is 293 cm³/mol. The molecule has 0 amide bonds. The summed E-state index contributed by atoms with van der Waals surface area (Å²) in [5.74, 6) is 1.76. The minimum Gasteiger partial charge on any atom is -0.457 e. The molecule has 0 unspecified atom stereocenters. The van der Waals surface area contributed by atoms with Gasteiger partial charge in [0.15, 0.2) is 0 Å². The van der Waals surface area contributed by atoms with Crippen LogP contribution in [0.5, 0.6) is 11.5 Å². The Morgan fingerprint density at radius 3 is 1.39 bits per heavy atom. The molecule has 4 heteroatoms. The highest BCUT2D eigenvalue weighted by Gasteiger charge is 2.54. The second-order valence-corrected chi connectivity index (χ2v) is 20.4. The molecule has 336 valence electrons. The summed E-state index contributed by atoms with van der Waals surface area (Å²) in [5.41, 5.74) is 21.0. The number of hydrogen-bond acceptors (Lipinski definition) is 4. The molecule has 72 heavy (non-hydrogen) atoms. The van der Waals surface area contributed by atoms with Gasteiger partial charge in [-0.3, -0.25) is 0 Å².